The highest BCUT2D eigenvalue weighted by molar-refractivity contribution is 7.22. The Hall–Kier alpha value is -0.385. The van der Waals surface area contributed by atoms with E-state index in [1.54, 1.807) is 11.3 Å². The minimum Gasteiger partial charge on any atom is -0.399 e. The molecular weight excluding hydrogens is 257 g/mol. The van der Waals surface area contributed by atoms with E-state index in [-0.39, 0.29) is 18.3 Å². The Morgan fingerprint density at radius 2 is 1.79 bits per heavy atom. The van der Waals surface area contributed by atoms with Gasteiger partial charge in [-0.2, -0.15) is 0 Å². The van der Waals surface area contributed by atoms with Crippen LogP contribution in [0.3, 0.4) is 0 Å². The van der Waals surface area contributed by atoms with Crippen molar-refractivity contribution < 1.29 is 9.31 Å². The van der Waals surface area contributed by atoms with Gasteiger partial charge in [0.15, 0.2) is 0 Å². The first-order valence-corrected chi connectivity index (χ1v) is 8.01. The number of aryl methyl sites for hydroxylation is 1. The second-order valence-corrected chi connectivity index (χ2v) is 7.64. The Labute approximate surface area is 119 Å². The van der Waals surface area contributed by atoms with Crippen LogP contribution in [0, 0.1) is 0 Å². The molecule has 5 heteroatoms. The summed E-state index contributed by atoms with van der Waals surface area (Å²) in [6.45, 7) is 10.5. The maximum atomic E-state index is 6.15. The Bertz CT molecular complexity index is 478. The van der Waals surface area contributed by atoms with Crippen LogP contribution in [0.15, 0.2) is 0 Å². The van der Waals surface area contributed by atoms with E-state index in [9.17, 15) is 0 Å². The minimum atomic E-state index is -0.271. The molecule has 0 N–H and O–H groups in total. The van der Waals surface area contributed by atoms with Gasteiger partial charge in [0.1, 0.15) is 0 Å². The van der Waals surface area contributed by atoms with E-state index in [0.29, 0.717) is 5.92 Å². The summed E-state index contributed by atoms with van der Waals surface area (Å²) in [6.07, 6.45) is 3.53. The van der Waals surface area contributed by atoms with Crippen molar-refractivity contribution in [2.75, 3.05) is 0 Å². The lowest BCUT2D eigenvalue weighted by Gasteiger charge is -2.32. The third-order valence-corrected chi connectivity index (χ3v) is 5.75. The maximum Gasteiger partial charge on any atom is 0.507 e. The van der Waals surface area contributed by atoms with Crippen molar-refractivity contribution >= 4 is 23.2 Å². The number of rotatable bonds is 3. The molecule has 0 amide bonds. The largest absolute Gasteiger partial charge is 0.507 e. The number of nitrogens with zero attached hydrogens (tertiary/aromatic N) is 1. The molecule has 19 heavy (non-hydrogen) atoms. The number of thiazole rings is 1. The number of hydrogen-bond donors (Lipinski definition) is 0. The Balaban J connectivity index is 1.90. The van der Waals surface area contributed by atoms with Gasteiger partial charge < -0.3 is 9.31 Å². The molecule has 0 spiro atoms. The first kappa shape index (κ1) is 13.6. The lowest BCUT2D eigenvalue weighted by molar-refractivity contribution is 0.00578. The Morgan fingerprint density at radius 3 is 2.26 bits per heavy atom. The molecule has 0 unspecified atom stereocenters. The zero-order valence-electron chi connectivity index (χ0n) is 12.4. The fourth-order valence-electron chi connectivity index (χ4n) is 2.27. The molecule has 0 atom stereocenters. The molecule has 2 heterocycles. The van der Waals surface area contributed by atoms with Gasteiger partial charge in [0.2, 0.25) is 0 Å². The van der Waals surface area contributed by atoms with E-state index in [1.165, 1.54) is 22.6 Å². The van der Waals surface area contributed by atoms with Gasteiger partial charge >= 0.3 is 7.12 Å². The van der Waals surface area contributed by atoms with Crippen LogP contribution >= 0.6 is 11.3 Å². The monoisotopic (exact) mass is 279 g/mol. The average molecular weight is 279 g/mol. The van der Waals surface area contributed by atoms with Gasteiger partial charge in [-0.15, -0.1) is 11.3 Å². The van der Waals surface area contributed by atoms with E-state index in [1.807, 2.05) is 0 Å². The smallest absolute Gasteiger partial charge is 0.399 e. The molecule has 0 aromatic carbocycles. The molecule has 1 aliphatic heterocycles. The summed E-state index contributed by atoms with van der Waals surface area (Å²) >= 11 is 1.79. The van der Waals surface area contributed by atoms with Crippen molar-refractivity contribution in [3.63, 3.8) is 0 Å². The van der Waals surface area contributed by atoms with Crippen LogP contribution in [0.1, 0.15) is 64.1 Å². The predicted molar refractivity (Wildman–Crippen MR) is 79.2 cm³/mol. The van der Waals surface area contributed by atoms with Crippen LogP contribution in [-0.2, 0) is 15.7 Å². The van der Waals surface area contributed by atoms with Crippen molar-refractivity contribution in [2.24, 2.45) is 0 Å². The Morgan fingerprint density at radius 1 is 1.21 bits per heavy atom. The summed E-state index contributed by atoms with van der Waals surface area (Å²) in [7, 11) is -0.245. The zero-order valence-corrected chi connectivity index (χ0v) is 13.3. The molecule has 0 bridgehead atoms. The van der Waals surface area contributed by atoms with E-state index in [2.05, 4.69) is 34.6 Å². The molecule has 1 aromatic heterocycles. The Kier molecular flexibility index (Phi) is 3.08. The number of hydrogen-bond acceptors (Lipinski definition) is 4. The summed E-state index contributed by atoms with van der Waals surface area (Å²) in [6, 6.07) is 0. The van der Waals surface area contributed by atoms with E-state index >= 15 is 0 Å². The SMILES string of the molecule is CCc1nc(C2CC2)sc1B1OC(C)(C)C(C)(C)O1. The molecule has 2 fully saturated rings. The fraction of sp³-hybridized carbons (Fsp3) is 0.786. The molecule has 3 rings (SSSR count). The van der Waals surface area contributed by atoms with Crippen molar-refractivity contribution in [1.29, 1.82) is 0 Å². The summed E-state index contributed by atoms with van der Waals surface area (Å²) in [4.78, 5) is 4.79. The van der Waals surface area contributed by atoms with Crippen LogP contribution in [0.2, 0.25) is 0 Å². The van der Waals surface area contributed by atoms with Gasteiger partial charge in [0, 0.05) is 5.92 Å². The minimum absolute atomic E-state index is 0.245. The standard InChI is InChI=1S/C14H22BNO2S/c1-6-10-11(19-12(16-10)9-7-8-9)15-17-13(2,3)14(4,5)18-15/h9H,6-8H2,1-5H3. The normalized spacial score (nSPS) is 25.0. The van der Waals surface area contributed by atoms with Crippen molar-refractivity contribution in [3.05, 3.63) is 10.7 Å². The van der Waals surface area contributed by atoms with Crippen LogP contribution in [0.25, 0.3) is 0 Å². The maximum absolute atomic E-state index is 6.15. The lowest BCUT2D eigenvalue weighted by atomic mass is 9.86. The molecule has 1 saturated carbocycles. The molecule has 3 nitrogen and oxygen atoms in total. The van der Waals surface area contributed by atoms with Gasteiger partial charge in [-0.05, 0) is 47.0 Å². The summed E-state index contributed by atoms with van der Waals surface area (Å²) in [5.41, 5.74) is 0.615. The van der Waals surface area contributed by atoms with Crippen molar-refractivity contribution in [3.8, 4) is 0 Å². The van der Waals surface area contributed by atoms with Gasteiger partial charge in [-0.1, -0.05) is 6.92 Å². The summed E-state index contributed by atoms with van der Waals surface area (Å²) < 4.78 is 13.5. The highest BCUT2D eigenvalue weighted by Crippen LogP contribution is 2.42. The molecule has 104 valence electrons. The first-order valence-electron chi connectivity index (χ1n) is 7.19. The van der Waals surface area contributed by atoms with Crippen LogP contribution in [0.5, 0.6) is 0 Å². The topological polar surface area (TPSA) is 31.4 Å². The fourth-order valence-corrected chi connectivity index (χ4v) is 3.56. The van der Waals surface area contributed by atoms with E-state index in [4.69, 9.17) is 14.3 Å². The molecule has 1 saturated heterocycles. The van der Waals surface area contributed by atoms with E-state index < -0.39 is 0 Å². The quantitative estimate of drug-likeness (QED) is 0.797. The van der Waals surface area contributed by atoms with Crippen molar-refractivity contribution in [1.82, 2.24) is 4.98 Å². The van der Waals surface area contributed by atoms with E-state index in [0.717, 1.165) is 12.1 Å². The summed E-state index contributed by atoms with van der Waals surface area (Å²) in [5.74, 6) is 0.700. The molecular formula is C14H22BNO2S. The van der Waals surface area contributed by atoms with Gasteiger partial charge in [0.05, 0.1) is 26.7 Å². The zero-order chi connectivity index (χ0) is 13.8. The lowest BCUT2D eigenvalue weighted by Crippen LogP contribution is -2.41. The summed E-state index contributed by atoms with van der Waals surface area (Å²) in [5, 5.41) is 1.28. The van der Waals surface area contributed by atoms with Crippen LogP contribution in [0.4, 0.5) is 0 Å². The van der Waals surface area contributed by atoms with Crippen LogP contribution < -0.4 is 4.78 Å². The molecule has 1 aromatic rings. The predicted octanol–water partition coefficient (Wildman–Crippen LogP) is 2.88. The van der Waals surface area contributed by atoms with Crippen LogP contribution in [-0.4, -0.2) is 23.3 Å². The van der Waals surface area contributed by atoms with Gasteiger partial charge in [-0.3, -0.25) is 0 Å². The third-order valence-electron chi connectivity index (χ3n) is 4.47. The average Bonchev–Trinajstić information content (AvgIpc) is 3.02. The number of aromatic nitrogens is 1. The van der Waals surface area contributed by atoms with Crippen molar-refractivity contribution in [2.45, 2.75) is 71.0 Å². The third kappa shape index (κ3) is 2.26. The highest BCUT2D eigenvalue weighted by Gasteiger charge is 2.53. The molecule has 1 aliphatic carbocycles. The first-order chi connectivity index (χ1) is 8.84. The van der Waals surface area contributed by atoms with Gasteiger partial charge in [-0.25, -0.2) is 4.98 Å². The molecule has 2 aliphatic rings. The second kappa shape index (κ2) is 4.30. The second-order valence-electron chi connectivity index (χ2n) is 6.58. The molecule has 0 radical (unpaired) electrons. The van der Waals surface area contributed by atoms with Gasteiger partial charge in [0.25, 0.3) is 0 Å². The highest BCUT2D eigenvalue weighted by atomic mass is 32.1.